The number of aromatic amines is 1. The molecule has 0 aliphatic heterocycles. The van der Waals surface area contributed by atoms with E-state index in [1.165, 1.54) is 0 Å². The first-order valence-electron chi connectivity index (χ1n) is 11.7. The van der Waals surface area contributed by atoms with Gasteiger partial charge in [-0.05, 0) is 48.4 Å². The lowest BCUT2D eigenvalue weighted by molar-refractivity contribution is 0.544. The van der Waals surface area contributed by atoms with E-state index in [-0.39, 0.29) is 10.8 Å². The minimum atomic E-state index is -3.86. The maximum absolute atomic E-state index is 13.5. The monoisotopic (exact) mass is 492 g/mol. The summed E-state index contributed by atoms with van der Waals surface area (Å²) in [7, 11) is -3.86. The molecule has 0 amide bonds. The second kappa shape index (κ2) is 8.73. The molecule has 0 saturated carbocycles. The van der Waals surface area contributed by atoms with Crippen molar-refractivity contribution in [1.82, 2.24) is 4.98 Å². The van der Waals surface area contributed by atoms with Crippen molar-refractivity contribution >= 4 is 37.6 Å². The van der Waals surface area contributed by atoms with Crippen LogP contribution in [0.2, 0.25) is 0 Å². The van der Waals surface area contributed by atoms with Crippen LogP contribution in [0.1, 0.15) is 28.4 Å². The number of aryl methyl sites for hydroxylation is 1. The van der Waals surface area contributed by atoms with E-state index >= 15 is 0 Å². The Bertz CT molecular complexity index is 1780. The van der Waals surface area contributed by atoms with Crippen LogP contribution in [0.3, 0.4) is 0 Å². The maximum Gasteiger partial charge on any atom is 0.262 e. The number of sulfonamides is 1. The summed E-state index contributed by atoms with van der Waals surface area (Å²) in [6.45, 7) is 1.93. The van der Waals surface area contributed by atoms with Crippen LogP contribution in [0.4, 0.5) is 5.69 Å². The number of para-hydroxylation sites is 2. The highest BCUT2D eigenvalue weighted by molar-refractivity contribution is 7.92. The van der Waals surface area contributed by atoms with E-state index < -0.39 is 10.0 Å². The van der Waals surface area contributed by atoms with Gasteiger partial charge in [-0.15, -0.1) is 0 Å². The van der Waals surface area contributed by atoms with E-state index in [2.05, 4.69) is 15.8 Å². The predicted molar refractivity (Wildman–Crippen MR) is 144 cm³/mol. The Morgan fingerprint density at radius 3 is 2.22 bits per heavy atom. The van der Waals surface area contributed by atoms with Gasteiger partial charge in [0.15, 0.2) is 0 Å². The fraction of sp³-hybridized carbons (Fsp3) is 0.0667. The van der Waals surface area contributed by atoms with Crippen LogP contribution in [-0.4, -0.2) is 13.4 Å². The van der Waals surface area contributed by atoms with Crippen LogP contribution in [0, 0.1) is 6.92 Å². The summed E-state index contributed by atoms with van der Waals surface area (Å²) >= 11 is 0. The van der Waals surface area contributed by atoms with Gasteiger partial charge in [-0.1, -0.05) is 78.4 Å². The molecule has 36 heavy (non-hydrogen) atoms. The third-order valence-corrected chi connectivity index (χ3v) is 7.88. The molecule has 2 aromatic heterocycles. The van der Waals surface area contributed by atoms with Crippen molar-refractivity contribution in [3.63, 3.8) is 0 Å². The Balaban J connectivity index is 1.59. The van der Waals surface area contributed by atoms with E-state index in [1.807, 2.05) is 85.9 Å². The Morgan fingerprint density at radius 1 is 0.778 bits per heavy atom. The summed E-state index contributed by atoms with van der Waals surface area (Å²) < 4.78 is 36.3. The SMILES string of the molecule is Cc1ccc(S(=O)(=O)Nc2c(C(c3ccccc3)c3c[nH]c4ccccc34)oc3ccccc23)cc1. The average Bonchev–Trinajstić information content (AvgIpc) is 3.47. The van der Waals surface area contributed by atoms with Crippen LogP contribution < -0.4 is 4.72 Å². The van der Waals surface area contributed by atoms with Gasteiger partial charge in [0.1, 0.15) is 11.3 Å². The number of furan rings is 1. The van der Waals surface area contributed by atoms with Crippen molar-refractivity contribution < 1.29 is 12.8 Å². The fourth-order valence-corrected chi connectivity index (χ4v) is 5.83. The molecule has 4 aromatic carbocycles. The first-order chi connectivity index (χ1) is 17.5. The number of benzene rings is 4. The molecule has 1 unspecified atom stereocenters. The Labute approximate surface area is 209 Å². The molecular formula is C30H24N2O3S. The third-order valence-electron chi connectivity index (χ3n) is 6.52. The minimum absolute atomic E-state index is 0.202. The molecule has 2 heterocycles. The third kappa shape index (κ3) is 3.85. The molecule has 178 valence electrons. The number of nitrogens with one attached hydrogen (secondary N) is 2. The van der Waals surface area contributed by atoms with E-state index in [1.54, 1.807) is 24.3 Å². The largest absolute Gasteiger partial charge is 0.458 e. The van der Waals surface area contributed by atoms with Crippen molar-refractivity contribution in [3.8, 4) is 0 Å². The van der Waals surface area contributed by atoms with Gasteiger partial charge in [-0.25, -0.2) is 8.42 Å². The number of aromatic nitrogens is 1. The lowest BCUT2D eigenvalue weighted by Crippen LogP contribution is -2.15. The molecule has 6 heteroatoms. The van der Waals surface area contributed by atoms with Gasteiger partial charge >= 0.3 is 0 Å². The van der Waals surface area contributed by atoms with Crippen LogP contribution in [-0.2, 0) is 10.0 Å². The van der Waals surface area contributed by atoms with Gasteiger partial charge in [-0.3, -0.25) is 4.72 Å². The highest BCUT2D eigenvalue weighted by Crippen LogP contribution is 2.44. The maximum atomic E-state index is 13.5. The highest BCUT2D eigenvalue weighted by atomic mass is 32.2. The van der Waals surface area contributed by atoms with E-state index in [4.69, 9.17) is 4.42 Å². The van der Waals surface area contributed by atoms with Crippen molar-refractivity contribution in [1.29, 1.82) is 0 Å². The van der Waals surface area contributed by atoms with Crippen LogP contribution in [0.5, 0.6) is 0 Å². The van der Waals surface area contributed by atoms with Crippen molar-refractivity contribution in [2.75, 3.05) is 4.72 Å². The molecule has 6 rings (SSSR count). The minimum Gasteiger partial charge on any atom is -0.458 e. The standard InChI is InChI=1S/C30H24N2O3S/c1-20-15-17-22(18-16-20)36(33,34)32-29-24-12-6-8-14-27(24)35-30(29)28(21-9-3-2-4-10-21)25-19-31-26-13-7-5-11-23(25)26/h2-19,28,31-32H,1H3. The van der Waals surface area contributed by atoms with Crippen LogP contribution in [0.15, 0.2) is 119 Å². The molecule has 5 nitrogen and oxygen atoms in total. The van der Waals surface area contributed by atoms with Crippen molar-refractivity contribution in [3.05, 3.63) is 132 Å². The molecule has 0 radical (unpaired) electrons. The molecule has 0 aliphatic carbocycles. The molecule has 2 N–H and O–H groups in total. The predicted octanol–water partition coefficient (Wildman–Crippen LogP) is 7.20. The number of anilines is 1. The van der Waals surface area contributed by atoms with Gasteiger partial charge in [0.05, 0.1) is 16.5 Å². The van der Waals surface area contributed by atoms with Crippen molar-refractivity contribution in [2.24, 2.45) is 0 Å². The van der Waals surface area contributed by atoms with Gasteiger partial charge in [0.2, 0.25) is 0 Å². The molecule has 1 atom stereocenters. The van der Waals surface area contributed by atoms with Gasteiger partial charge in [-0.2, -0.15) is 0 Å². The summed E-state index contributed by atoms with van der Waals surface area (Å²) in [5, 5.41) is 1.77. The Morgan fingerprint density at radius 2 is 1.44 bits per heavy atom. The van der Waals surface area contributed by atoms with E-state index in [0.717, 1.165) is 27.6 Å². The summed E-state index contributed by atoms with van der Waals surface area (Å²) in [4.78, 5) is 3.56. The average molecular weight is 493 g/mol. The molecule has 6 aromatic rings. The molecule has 0 fully saturated rings. The van der Waals surface area contributed by atoms with Crippen LogP contribution >= 0.6 is 0 Å². The van der Waals surface area contributed by atoms with Crippen molar-refractivity contribution in [2.45, 2.75) is 17.7 Å². The molecule has 0 bridgehead atoms. The number of H-pyrrole nitrogens is 1. The summed E-state index contributed by atoms with van der Waals surface area (Å²) in [5.41, 5.74) is 5.07. The van der Waals surface area contributed by atoms with E-state index in [9.17, 15) is 8.42 Å². The summed E-state index contributed by atoms with van der Waals surface area (Å²) in [5.74, 6) is 0.202. The lowest BCUT2D eigenvalue weighted by Gasteiger charge is -2.18. The fourth-order valence-electron chi connectivity index (χ4n) is 4.73. The Hall–Kier alpha value is -4.29. The molecule has 0 spiro atoms. The topological polar surface area (TPSA) is 75.1 Å². The number of hydrogen-bond donors (Lipinski definition) is 2. The molecule has 0 aliphatic rings. The van der Waals surface area contributed by atoms with Gasteiger partial charge < -0.3 is 9.40 Å². The zero-order valence-electron chi connectivity index (χ0n) is 19.6. The number of rotatable bonds is 6. The summed E-state index contributed by atoms with van der Waals surface area (Å²) in [6.07, 6.45) is 1.98. The van der Waals surface area contributed by atoms with Crippen LogP contribution in [0.25, 0.3) is 21.9 Å². The summed E-state index contributed by atoms with van der Waals surface area (Å²) in [6, 6.07) is 32.4. The first kappa shape index (κ1) is 22.2. The smallest absolute Gasteiger partial charge is 0.262 e. The van der Waals surface area contributed by atoms with Gasteiger partial charge in [0.25, 0.3) is 10.0 Å². The molecular weight excluding hydrogens is 468 g/mol. The first-order valence-corrected chi connectivity index (χ1v) is 13.2. The Kier molecular flexibility index (Phi) is 5.38. The van der Waals surface area contributed by atoms with E-state index in [0.29, 0.717) is 22.4 Å². The quantitative estimate of drug-likeness (QED) is 0.258. The second-order valence-corrected chi connectivity index (χ2v) is 10.6. The second-order valence-electron chi connectivity index (χ2n) is 8.89. The number of fused-ring (bicyclic) bond motifs is 2. The highest BCUT2D eigenvalue weighted by Gasteiger charge is 2.30. The molecule has 0 saturated heterocycles. The lowest BCUT2D eigenvalue weighted by atomic mass is 9.88. The normalized spacial score (nSPS) is 12.7. The van der Waals surface area contributed by atoms with Gasteiger partial charge in [0, 0.05) is 22.5 Å². The number of hydrogen-bond acceptors (Lipinski definition) is 3. The zero-order chi connectivity index (χ0) is 24.7. The zero-order valence-corrected chi connectivity index (χ0v) is 20.4.